The summed E-state index contributed by atoms with van der Waals surface area (Å²) in [4.78, 5) is 12.5. The van der Waals surface area contributed by atoms with Gasteiger partial charge in [-0.15, -0.1) is 22.9 Å². The molecule has 0 saturated carbocycles. The lowest BCUT2D eigenvalue weighted by Crippen LogP contribution is -2.48. The zero-order chi connectivity index (χ0) is 12.3. The molecule has 1 heterocycles. The van der Waals surface area contributed by atoms with E-state index in [1.54, 1.807) is 18.6 Å². The van der Waals surface area contributed by atoms with E-state index >= 15 is 0 Å². The Bertz CT molecular complexity index is 374. The number of alkyl halides is 1. The summed E-state index contributed by atoms with van der Waals surface area (Å²) in [6, 6.07) is 1.72. The van der Waals surface area contributed by atoms with E-state index in [1.807, 2.05) is 20.8 Å². The Labute approximate surface area is 105 Å². The van der Waals surface area contributed by atoms with E-state index < -0.39 is 5.54 Å². The highest BCUT2D eigenvalue weighted by Gasteiger charge is 2.27. The lowest BCUT2D eigenvalue weighted by molar-refractivity contribution is 0.0916. The molecular formula is C11H16ClNO2S. The van der Waals surface area contributed by atoms with Gasteiger partial charge in [0.05, 0.1) is 22.9 Å². The SMILES string of the molecule is COc1csc(C(=O)NC(C)(C)C(C)Cl)c1. The maximum absolute atomic E-state index is 11.9. The number of thiophene rings is 1. The van der Waals surface area contributed by atoms with Crippen LogP contribution in [0.25, 0.3) is 0 Å². The van der Waals surface area contributed by atoms with E-state index in [0.717, 1.165) is 0 Å². The van der Waals surface area contributed by atoms with E-state index in [1.165, 1.54) is 11.3 Å². The second-order valence-corrected chi connectivity index (χ2v) is 5.71. The number of nitrogens with one attached hydrogen (secondary N) is 1. The van der Waals surface area contributed by atoms with Crippen LogP contribution in [0.1, 0.15) is 30.4 Å². The van der Waals surface area contributed by atoms with Crippen LogP contribution in [0, 0.1) is 0 Å². The third-order valence-corrected chi connectivity index (χ3v) is 3.92. The van der Waals surface area contributed by atoms with Crippen molar-refractivity contribution in [1.82, 2.24) is 5.32 Å². The standard InChI is InChI=1S/C11H16ClNO2S/c1-7(12)11(2,3)13-10(14)9-5-8(15-4)6-16-9/h5-7H,1-4H3,(H,13,14). The van der Waals surface area contributed by atoms with Gasteiger partial charge in [-0.2, -0.15) is 0 Å². The van der Waals surface area contributed by atoms with Crippen molar-refractivity contribution in [2.75, 3.05) is 7.11 Å². The van der Waals surface area contributed by atoms with Crippen molar-refractivity contribution in [3.63, 3.8) is 0 Å². The Morgan fingerprint density at radius 1 is 1.62 bits per heavy atom. The number of methoxy groups -OCH3 is 1. The van der Waals surface area contributed by atoms with Crippen LogP contribution in [0.5, 0.6) is 5.75 Å². The summed E-state index contributed by atoms with van der Waals surface area (Å²) >= 11 is 7.35. The van der Waals surface area contributed by atoms with E-state index in [2.05, 4.69) is 5.32 Å². The van der Waals surface area contributed by atoms with Crippen LogP contribution >= 0.6 is 22.9 Å². The fraction of sp³-hybridized carbons (Fsp3) is 0.545. The van der Waals surface area contributed by atoms with Gasteiger partial charge in [0.1, 0.15) is 5.75 Å². The molecule has 1 amide bonds. The second-order valence-electron chi connectivity index (χ2n) is 4.14. The number of amides is 1. The summed E-state index contributed by atoms with van der Waals surface area (Å²) in [5, 5.41) is 4.55. The summed E-state index contributed by atoms with van der Waals surface area (Å²) in [5.74, 6) is 0.581. The average molecular weight is 262 g/mol. The first-order chi connectivity index (χ1) is 7.36. The van der Waals surface area contributed by atoms with Gasteiger partial charge >= 0.3 is 0 Å². The molecule has 0 saturated heterocycles. The van der Waals surface area contributed by atoms with Crippen molar-refractivity contribution in [3.8, 4) is 5.75 Å². The molecule has 0 aliphatic heterocycles. The summed E-state index contributed by atoms with van der Waals surface area (Å²) in [6.07, 6.45) is 0. The molecule has 0 bridgehead atoms. The van der Waals surface area contributed by atoms with Crippen LogP contribution in [-0.4, -0.2) is 23.9 Å². The number of carbonyl (C=O) groups excluding carboxylic acids is 1. The molecule has 0 spiro atoms. The maximum atomic E-state index is 11.9. The molecule has 1 N–H and O–H groups in total. The Kier molecular flexibility index (Phi) is 4.21. The Morgan fingerprint density at radius 3 is 2.69 bits per heavy atom. The number of halogens is 1. The first-order valence-corrected chi connectivity index (χ1v) is 6.27. The van der Waals surface area contributed by atoms with E-state index in [9.17, 15) is 4.79 Å². The monoisotopic (exact) mass is 261 g/mol. The fourth-order valence-electron chi connectivity index (χ4n) is 0.999. The molecule has 90 valence electrons. The van der Waals surface area contributed by atoms with Crippen molar-refractivity contribution < 1.29 is 9.53 Å². The fourth-order valence-corrected chi connectivity index (χ4v) is 1.80. The van der Waals surface area contributed by atoms with E-state index in [-0.39, 0.29) is 11.3 Å². The molecule has 1 rings (SSSR count). The number of carbonyl (C=O) groups is 1. The molecule has 0 aromatic carbocycles. The van der Waals surface area contributed by atoms with Crippen LogP contribution in [0.4, 0.5) is 0 Å². The maximum Gasteiger partial charge on any atom is 0.261 e. The van der Waals surface area contributed by atoms with Gasteiger partial charge in [0, 0.05) is 11.4 Å². The van der Waals surface area contributed by atoms with Crippen molar-refractivity contribution in [2.45, 2.75) is 31.7 Å². The number of hydrogen-bond acceptors (Lipinski definition) is 3. The highest BCUT2D eigenvalue weighted by atomic mass is 35.5. The molecule has 0 radical (unpaired) electrons. The minimum absolute atomic E-state index is 0.120. The number of hydrogen-bond donors (Lipinski definition) is 1. The van der Waals surface area contributed by atoms with Gasteiger partial charge in [-0.3, -0.25) is 4.79 Å². The van der Waals surface area contributed by atoms with Gasteiger partial charge in [-0.05, 0) is 20.8 Å². The second kappa shape index (κ2) is 5.06. The van der Waals surface area contributed by atoms with Gasteiger partial charge in [0.15, 0.2) is 0 Å². The first-order valence-electron chi connectivity index (χ1n) is 4.96. The highest BCUT2D eigenvalue weighted by Crippen LogP contribution is 2.22. The highest BCUT2D eigenvalue weighted by molar-refractivity contribution is 7.12. The molecule has 16 heavy (non-hydrogen) atoms. The predicted molar refractivity (Wildman–Crippen MR) is 67.7 cm³/mol. The summed E-state index contributed by atoms with van der Waals surface area (Å²) in [5.41, 5.74) is -0.435. The number of rotatable bonds is 4. The summed E-state index contributed by atoms with van der Waals surface area (Å²) in [6.45, 7) is 5.65. The molecule has 1 aromatic heterocycles. The van der Waals surface area contributed by atoms with Gasteiger partial charge in [0.2, 0.25) is 0 Å². The minimum Gasteiger partial charge on any atom is -0.496 e. The summed E-state index contributed by atoms with van der Waals surface area (Å²) < 4.78 is 5.03. The Balaban J connectivity index is 2.72. The van der Waals surface area contributed by atoms with E-state index in [0.29, 0.717) is 10.6 Å². The lowest BCUT2D eigenvalue weighted by atomic mass is 10.0. The van der Waals surface area contributed by atoms with Gasteiger partial charge in [0.25, 0.3) is 5.91 Å². The molecule has 3 nitrogen and oxygen atoms in total. The molecule has 0 aliphatic rings. The number of ether oxygens (including phenoxy) is 1. The zero-order valence-corrected chi connectivity index (χ0v) is 11.4. The molecule has 0 fully saturated rings. The first kappa shape index (κ1) is 13.3. The molecular weight excluding hydrogens is 246 g/mol. The minimum atomic E-state index is -0.435. The molecule has 1 aromatic rings. The van der Waals surface area contributed by atoms with Crippen LogP contribution in [0.15, 0.2) is 11.4 Å². The lowest BCUT2D eigenvalue weighted by Gasteiger charge is -2.28. The van der Waals surface area contributed by atoms with Gasteiger partial charge in [-0.1, -0.05) is 0 Å². The van der Waals surface area contributed by atoms with Crippen LogP contribution < -0.4 is 10.1 Å². The Morgan fingerprint density at radius 2 is 2.25 bits per heavy atom. The quantitative estimate of drug-likeness (QED) is 0.847. The zero-order valence-electron chi connectivity index (χ0n) is 9.83. The summed E-state index contributed by atoms with van der Waals surface area (Å²) in [7, 11) is 1.58. The average Bonchev–Trinajstić information content (AvgIpc) is 2.64. The normalized spacial score (nSPS) is 13.3. The topological polar surface area (TPSA) is 38.3 Å². The van der Waals surface area contributed by atoms with Gasteiger partial charge < -0.3 is 10.1 Å². The molecule has 1 atom stereocenters. The van der Waals surface area contributed by atoms with Crippen molar-refractivity contribution in [1.29, 1.82) is 0 Å². The van der Waals surface area contributed by atoms with Crippen LogP contribution in [0.2, 0.25) is 0 Å². The molecule has 1 unspecified atom stereocenters. The van der Waals surface area contributed by atoms with Crippen molar-refractivity contribution in [3.05, 3.63) is 16.3 Å². The third kappa shape index (κ3) is 3.12. The van der Waals surface area contributed by atoms with E-state index in [4.69, 9.17) is 16.3 Å². The van der Waals surface area contributed by atoms with Crippen molar-refractivity contribution in [2.24, 2.45) is 0 Å². The smallest absolute Gasteiger partial charge is 0.261 e. The third-order valence-electron chi connectivity index (χ3n) is 2.47. The Hall–Kier alpha value is -0.740. The van der Waals surface area contributed by atoms with Gasteiger partial charge in [-0.25, -0.2) is 0 Å². The van der Waals surface area contributed by atoms with Crippen molar-refractivity contribution >= 4 is 28.8 Å². The van der Waals surface area contributed by atoms with Crippen LogP contribution in [0.3, 0.4) is 0 Å². The molecule has 0 aliphatic carbocycles. The molecule has 5 heteroatoms. The van der Waals surface area contributed by atoms with Crippen LogP contribution in [-0.2, 0) is 0 Å². The predicted octanol–water partition coefficient (Wildman–Crippen LogP) is 2.89. The largest absolute Gasteiger partial charge is 0.496 e.